The van der Waals surface area contributed by atoms with Crippen molar-refractivity contribution in [3.05, 3.63) is 36.5 Å². The maximum atomic E-state index is 14.4. The van der Waals surface area contributed by atoms with Crippen LogP contribution in [0.15, 0.2) is 36.5 Å². The normalized spacial score (nSPS) is 43.9. The van der Waals surface area contributed by atoms with E-state index >= 15 is 0 Å². The number of imide groups is 1. The number of carbonyl (C=O) groups is 4. The van der Waals surface area contributed by atoms with E-state index in [4.69, 9.17) is 47.4 Å². The number of ether oxygens (including phenoxy) is 10. The summed E-state index contributed by atoms with van der Waals surface area (Å²) in [6.45, 7) is 12.0. The lowest BCUT2D eigenvalue weighted by atomic mass is 9.57. The standard InChI is InChI=1S/C52H74N2O16/c1-27-19-32-5-7-37-28(2)20-34(64-37)11-13-52-25-36(57)45-49-46(50(45)69-52)51(70-52)48-38(68-49)8-6-33(66-48)21-30(55)22-35-40(24-39(65-32)29(27)3)67-41(47(35)61-4)23-31(56)26-53-42(58)12-15-62-17-18-63-16-14-54-43(59)9-10-44(54)60/h9-10,27,31-41,45-51,56-57H,2-3,5-8,11-26H2,1,4H3,(H,53,58)/t27-,31+,32+,33-,34+,35+,36-,37+,38+,39-,40+,41-,45+,46+,47-,48+,49+,50?,51-,52+/m1/s1. The first-order valence-corrected chi connectivity index (χ1v) is 26.1. The molecule has 1 saturated carbocycles. The van der Waals surface area contributed by atoms with Crippen molar-refractivity contribution in [2.75, 3.05) is 46.6 Å². The fourth-order valence-electron chi connectivity index (χ4n) is 13.5. The molecule has 0 aromatic heterocycles. The average molecular weight is 983 g/mol. The molecule has 1 aliphatic carbocycles. The lowest BCUT2D eigenvalue weighted by Crippen LogP contribution is -2.81. The van der Waals surface area contributed by atoms with Gasteiger partial charge in [-0.2, -0.15) is 0 Å². The fraction of sp³-hybridized carbons (Fsp3) is 0.808. The molecule has 3 amide bonds. The van der Waals surface area contributed by atoms with Crippen molar-refractivity contribution in [2.24, 2.45) is 23.7 Å². The molecule has 1 spiro atoms. The van der Waals surface area contributed by atoms with Crippen molar-refractivity contribution in [1.82, 2.24) is 10.2 Å². The molecule has 9 heterocycles. The van der Waals surface area contributed by atoms with Gasteiger partial charge in [-0.15, -0.1) is 0 Å². The van der Waals surface area contributed by atoms with Crippen LogP contribution in [0, 0.1) is 23.7 Å². The Morgan fingerprint density at radius 3 is 2.36 bits per heavy atom. The molecule has 20 atom stereocenters. The summed E-state index contributed by atoms with van der Waals surface area (Å²) in [5.74, 6) is -2.23. The Morgan fingerprint density at radius 2 is 1.56 bits per heavy atom. The Labute approximate surface area is 410 Å². The van der Waals surface area contributed by atoms with Crippen molar-refractivity contribution in [1.29, 1.82) is 0 Å². The van der Waals surface area contributed by atoms with Crippen LogP contribution < -0.4 is 5.32 Å². The van der Waals surface area contributed by atoms with Crippen molar-refractivity contribution >= 4 is 23.5 Å². The number of nitrogens with one attached hydrogen (secondary N) is 1. The van der Waals surface area contributed by atoms with Crippen LogP contribution in [0.25, 0.3) is 0 Å². The van der Waals surface area contributed by atoms with Gasteiger partial charge in [-0.25, -0.2) is 0 Å². The largest absolute Gasteiger partial charge is 0.392 e. The van der Waals surface area contributed by atoms with E-state index in [9.17, 15) is 29.4 Å². The summed E-state index contributed by atoms with van der Waals surface area (Å²) in [6.07, 6.45) is 4.64. The van der Waals surface area contributed by atoms with Gasteiger partial charge in [0.15, 0.2) is 5.79 Å². The predicted molar refractivity (Wildman–Crippen MR) is 247 cm³/mol. The van der Waals surface area contributed by atoms with Gasteiger partial charge in [0.25, 0.3) is 11.8 Å². The number of nitrogens with zero attached hydrogens (tertiary/aromatic N) is 1. The maximum Gasteiger partial charge on any atom is 0.253 e. The van der Waals surface area contributed by atoms with Crippen molar-refractivity contribution in [3.63, 3.8) is 0 Å². The summed E-state index contributed by atoms with van der Waals surface area (Å²) in [7, 11) is 1.61. The van der Waals surface area contributed by atoms with Crippen molar-refractivity contribution in [2.45, 2.75) is 194 Å². The van der Waals surface area contributed by atoms with E-state index in [0.717, 1.165) is 41.7 Å². The number of carbonyl (C=O) groups excluding carboxylic acids is 4. The van der Waals surface area contributed by atoms with Crippen LogP contribution in [0.4, 0.5) is 0 Å². The minimum absolute atomic E-state index is 0.0125. The molecule has 0 radical (unpaired) electrons. The number of amides is 3. The number of ketones is 1. The molecule has 18 heteroatoms. The minimum Gasteiger partial charge on any atom is -0.392 e. The van der Waals surface area contributed by atoms with Gasteiger partial charge >= 0.3 is 0 Å². The number of aliphatic hydroxyl groups is 2. The average Bonchev–Trinajstić information content (AvgIpc) is 3.96. The van der Waals surface area contributed by atoms with Gasteiger partial charge in [0, 0.05) is 88.5 Å². The van der Waals surface area contributed by atoms with Crippen LogP contribution in [0.3, 0.4) is 0 Å². The molecule has 8 saturated heterocycles. The van der Waals surface area contributed by atoms with Crippen LogP contribution in [0.2, 0.25) is 0 Å². The van der Waals surface area contributed by atoms with Gasteiger partial charge in [-0.1, -0.05) is 20.1 Å². The third kappa shape index (κ3) is 10.5. The van der Waals surface area contributed by atoms with Gasteiger partial charge in [0.1, 0.15) is 11.9 Å². The zero-order valence-electron chi connectivity index (χ0n) is 40.7. The molecule has 388 valence electrons. The van der Waals surface area contributed by atoms with Crippen LogP contribution >= 0.6 is 0 Å². The topological polar surface area (TPSA) is 216 Å². The second-order valence-corrected chi connectivity index (χ2v) is 21.7. The molecule has 10 rings (SSSR count). The monoisotopic (exact) mass is 983 g/mol. The highest BCUT2D eigenvalue weighted by molar-refractivity contribution is 6.12. The molecule has 0 aromatic rings. The van der Waals surface area contributed by atoms with Gasteiger partial charge in [0.05, 0.1) is 118 Å². The number of methoxy groups -OCH3 is 1. The van der Waals surface area contributed by atoms with E-state index in [0.29, 0.717) is 38.5 Å². The number of hydrogen-bond donors (Lipinski definition) is 3. The summed E-state index contributed by atoms with van der Waals surface area (Å²) >= 11 is 0. The molecular weight excluding hydrogens is 909 g/mol. The van der Waals surface area contributed by atoms with E-state index in [-0.39, 0.29) is 173 Å². The first-order chi connectivity index (χ1) is 33.8. The fourth-order valence-corrected chi connectivity index (χ4v) is 13.5. The molecule has 1 unspecified atom stereocenters. The highest BCUT2D eigenvalue weighted by atomic mass is 16.7. The second kappa shape index (κ2) is 21.5. The maximum absolute atomic E-state index is 14.4. The predicted octanol–water partition coefficient (Wildman–Crippen LogP) is 2.78. The molecule has 9 bridgehead atoms. The minimum atomic E-state index is -0.963. The summed E-state index contributed by atoms with van der Waals surface area (Å²) in [6, 6.07) is 0. The molecule has 3 N–H and O–H groups in total. The van der Waals surface area contributed by atoms with E-state index in [1.54, 1.807) is 7.11 Å². The first kappa shape index (κ1) is 50.5. The van der Waals surface area contributed by atoms with Gasteiger partial charge in [-0.05, 0) is 62.0 Å². The third-order valence-electron chi connectivity index (χ3n) is 17.1. The number of Topliss-reactive ketones (excluding diaryl/α,β-unsaturated/α-hetero) is 1. The van der Waals surface area contributed by atoms with Gasteiger partial charge in [-0.3, -0.25) is 24.1 Å². The van der Waals surface area contributed by atoms with E-state index in [2.05, 4.69) is 25.4 Å². The molecule has 70 heavy (non-hydrogen) atoms. The zero-order valence-corrected chi connectivity index (χ0v) is 40.7. The number of hydrogen-bond acceptors (Lipinski definition) is 16. The summed E-state index contributed by atoms with van der Waals surface area (Å²) in [4.78, 5) is 51.5. The quantitative estimate of drug-likeness (QED) is 0.130. The Morgan fingerprint density at radius 1 is 0.814 bits per heavy atom. The first-order valence-electron chi connectivity index (χ1n) is 26.1. The van der Waals surface area contributed by atoms with E-state index in [1.165, 1.54) is 12.2 Å². The summed E-state index contributed by atoms with van der Waals surface area (Å²) in [5, 5.41) is 25.6. The van der Waals surface area contributed by atoms with Crippen LogP contribution in [0.5, 0.6) is 0 Å². The summed E-state index contributed by atoms with van der Waals surface area (Å²) < 4.78 is 64.8. The van der Waals surface area contributed by atoms with E-state index in [1.807, 2.05) is 0 Å². The highest BCUT2D eigenvalue weighted by Crippen LogP contribution is 2.60. The van der Waals surface area contributed by atoms with Crippen LogP contribution in [-0.4, -0.2) is 183 Å². The van der Waals surface area contributed by atoms with Gasteiger partial charge < -0.3 is 62.9 Å². The second-order valence-electron chi connectivity index (χ2n) is 21.7. The molecular formula is C52H74N2O16. The van der Waals surface area contributed by atoms with Crippen LogP contribution in [-0.2, 0) is 66.5 Å². The molecule has 10 aliphatic rings. The van der Waals surface area contributed by atoms with Crippen molar-refractivity contribution in [3.8, 4) is 0 Å². The number of aliphatic hydroxyl groups excluding tert-OH is 2. The Kier molecular flexibility index (Phi) is 15.5. The molecule has 9 aliphatic heterocycles. The van der Waals surface area contributed by atoms with E-state index < -0.39 is 36.3 Å². The molecule has 18 nitrogen and oxygen atoms in total. The molecule has 0 aromatic carbocycles. The lowest BCUT2D eigenvalue weighted by molar-refractivity contribution is -0.470. The van der Waals surface area contributed by atoms with Crippen molar-refractivity contribution < 1.29 is 76.8 Å². The lowest BCUT2D eigenvalue weighted by Gasteiger charge is -2.69. The third-order valence-corrected chi connectivity index (χ3v) is 17.1. The summed E-state index contributed by atoms with van der Waals surface area (Å²) in [5.41, 5.74) is 2.07. The molecule has 9 fully saturated rings. The highest BCUT2D eigenvalue weighted by Gasteiger charge is 2.72. The Bertz CT molecular complexity index is 1980. The smallest absolute Gasteiger partial charge is 0.253 e. The Hall–Kier alpha value is -2.98. The number of fused-ring (bicyclic) bond motifs is 7. The zero-order chi connectivity index (χ0) is 48.8. The Balaban J connectivity index is 0.780. The SMILES string of the molecule is C=C1C[C@@H]2CC[C@]34C[C@@H](O)[C@@H]5C(O3)[C@@H]3[C@H]5O[C@H]5CC[C@H](CC(=O)C[C@@H]6[C@@H](OC)[C@@H](C[C@H](O)CNC(=O)CCOCCOCCN7C(=O)C=CC7=O)O[C@H]6C[C@H]6O[C@@H](CC[C@@H]1O2)C[C@@H](C)C6=C)O[C@@H]5[C@@H]3O4. The number of rotatable bonds is 14. The van der Waals surface area contributed by atoms with Gasteiger partial charge in [0.2, 0.25) is 5.91 Å². The van der Waals surface area contributed by atoms with Crippen LogP contribution in [0.1, 0.15) is 96.8 Å².